The molecule has 0 radical (unpaired) electrons. The predicted molar refractivity (Wildman–Crippen MR) is 155 cm³/mol. The summed E-state index contributed by atoms with van der Waals surface area (Å²) in [7, 11) is -1.77. The van der Waals surface area contributed by atoms with E-state index >= 15 is 0 Å². The van der Waals surface area contributed by atoms with Gasteiger partial charge in [-0.1, -0.05) is 13.3 Å². The maximum absolute atomic E-state index is 14.1. The SMILES string of the molecule is CCS(=O)(=O)c1ccc(CNc2nc3cnc(-c4c(OC)ncnc4C4CC4)nc3n([C@@H]3C[C@H]4CC[C@@H]3C4)c2=O)nc1. The van der Waals surface area contributed by atoms with E-state index in [9.17, 15) is 13.2 Å². The van der Waals surface area contributed by atoms with Crippen molar-refractivity contribution in [3.63, 3.8) is 0 Å². The molecular formula is C29H32N8O4S. The van der Waals surface area contributed by atoms with Crippen molar-refractivity contribution in [1.82, 2.24) is 34.5 Å². The third-order valence-electron chi connectivity index (χ3n) is 8.86. The lowest BCUT2D eigenvalue weighted by atomic mass is 9.95. The van der Waals surface area contributed by atoms with E-state index in [0.717, 1.165) is 37.8 Å². The Bertz CT molecular complexity index is 1840. The van der Waals surface area contributed by atoms with Crippen LogP contribution in [0.1, 0.15) is 68.8 Å². The topological polar surface area (TPSA) is 155 Å². The number of nitrogens with one attached hydrogen (secondary N) is 1. The van der Waals surface area contributed by atoms with Crippen molar-refractivity contribution in [2.75, 3.05) is 18.2 Å². The molecule has 3 fully saturated rings. The van der Waals surface area contributed by atoms with Gasteiger partial charge in [0.15, 0.2) is 27.1 Å². The number of fused-ring (bicyclic) bond motifs is 3. The van der Waals surface area contributed by atoms with Crippen LogP contribution in [0, 0.1) is 11.8 Å². The Labute approximate surface area is 243 Å². The summed E-state index contributed by atoms with van der Waals surface area (Å²) in [4.78, 5) is 41.7. The molecule has 4 aromatic rings. The molecule has 4 heterocycles. The lowest BCUT2D eigenvalue weighted by molar-refractivity contribution is 0.329. The molecule has 2 bridgehead atoms. The smallest absolute Gasteiger partial charge is 0.295 e. The summed E-state index contributed by atoms with van der Waals surface area (Å²) in [6.07, 6.45) is 10.9. The van der Waals surface area contributed by atoms with E-state index in [-0.39, 0.29) is 34.6 Å². The monoisotopic (exact) mass is 588 g/mol. The first-order valence-corrected chi connectivity index (χ1v) is 16.1. The molecule has 0 aliphatic heterocycles. The normalized spacial score (nSPS) is 21.6. The zero-order chi connectivity index (χ0) is 29.0. The first kappa shape index (κ1) is 26.9. The van der Waals surface area contributed by atoms with Gasteiger partial charge in [-0.15, -0.1) is 0 Å². The van der Waals surface area contributed by atoms with Gasteiger partial charge in [-0.2, -0.15) is 0 Å². The van der Waals surface area contributed by atoms with Gasteiger partial charge in [-0.3, -0.25) is 14.3 Å². The molecule has 42 heavy (non-hydrogen) atoms. The zero-order valence-corrected chi connectivity index (χ0v) is 24.3. The number of nitrogens with zero attached hydrogens (tertiary/aromatic N) is 7. The minimum Gasteiger partial charge on any atom is -0.480 e. The Balaban J connectivity index is 1.30. The predicted octanol–water partition coefficient (Wildman–Crippen LogP) is 3.69. The second-order valence-corrected chi connectivity index (χ2v) is 13.7. The van der Waals surface area contributed by atoms with E-state index in [1.165, 1.54) is 25.0 Å². The van der Waals surface area contributed by atoms with Gasteiger partial charge in [0, 0.05) is 18.2 Å². The standard InChI is InChI=1S/C29H32N8O4S/c1-3-42(39,40)20-9-8-19(30-13-20)12-31-26-29(38)37(22-11-16-4-5-18(22)10-16)27-21(35-26)14-32-25(36-27)23-24(17-6-7-17)33-15-34-28(23)41-2/h8-9,13-18,22H,3-7,10-12H2,1-2H3,(H,31,35)/t16-,18+,22+/m0/s1. The number of rotatable bonds is 9. The van der Waals surface area contributed by atoms with Crippen LogP contribution in [0.15, 0.2) is 40.5 Å². The Morgan fingerprint density at radius 3 is 2.55 bits per heavy atom. The van der Waals surface area contributed by atoms with Gasteiger partial charge < -0.3 is 10.1 Å². The van der Waals surface area contributed by atoms with Gasteiger partial charge in [0.2, 0.25) is 5.88 Å². The second kappa shape index (κ2) is 10.4. The average molecular weight is 589 g/mol. The molecule has 0 saturated heterocycles. The van der Waals surface area contributed by atoms with Crippen LogP contribution in [0.2, 0.25) is 0 Å². The van der Waals surface area contributed by atoms with Crippen LogP contribution in [0.25, 0.3) is 22.6 Å². The van der Waals surface area contributed by atoms with Crippen molar-refractivity contribution in [1.29, 1.82) is 0 Å². The minimum absolute atomic E-state index is 0.00556. The van der Waals surface area contributed by atoms with Gasteiger partial charge in [-0.05, 0) is 56.1 Å². The Hall–Kier alpha value is -4.00. The van der Waals surface area contributed by atoms with E-state index in [0.29, 0.717) is 51.9 Å². The van der Waals surface area contributed by atoms with Crippen LogP contribution in [0.3, 0.4) is 0 Å². The molecule has 0 aromatic carbocycles. The third-order valence-corrected chi connectivity index (χ3v) is 10.6. The quantitative estimate of drug-likeness (QED) is 0.304. The number of sulfone groups is 1. The molecule has 12 nitrogen and oxygen atoms in total. The number of methoxy groups -OCH3 is 1. The summed E-state index contributed by atoms with van der Waals surface area (Å²) in [5.41, 5.74) is 2.88. The minimum atomic E-state index is -3.34. The Morgan fingerprint density at radius 1 is 1.02 bits per heavy atom. The molecular weight excluding hydrogens is 556 g/mol. The van der Waals surface area contributed by atoms with Crippen LogP contribution < -0.4 is 15.6 Å². The molecule has 1 N–H and O–H groups in total. The number of pyridine rings is 1. The highest BCUT2D eigenvalue weighted by Crippen LogP contribution is 2.51. The first-order valence-electron chi connectivity index (χ1n) is 14.5. The highest BCUT2D eigenvalue weighted by atomic mass is 32.2. The summed E-state index contributed by atoms with van der Waals surface area (Å²) in [6.45, 7) is 1.80. The fourth-order valence-corrected chi connectivity index (χ4v) is 7.35. The van der Waals surface area contributed by atoms with Crippen LogP contribution in [-0.2, 0) is 16.4 Å². The van der Waals surface area contributed by atoms with Crippen LogP contribution in [-0.4, -0.2) is 55.8 Å². The molecule has 7 rings (SSSR count). The molecule has 13 heteroatoms. The molecule has 0 amide bonds. The van der Waals surface area contributed by atoms with Gasteiger partial charge in [0.1, 0.15) is 17.4 Å². The first-order chi connectivity index (χ1) is 20.4. The van der Waals surface area contributed by atoms with E-state index in [4.69, 9.17) is 9.72 Å². The fraction of sp³-hybridized carbons (Fsp3) is 0.483. The van der Waals surface area contributed by atoms with Crippen molar-refractivity contribution in [2.24, 2.45) is 11.8 Å². The molecule has 3 saturated carbocycles. The summed E-state index contributed by atoms with van der Waals surface area (Å²) in [6, 6.07) is 3.21. The summed E-state index contributed by atoms with van der Waals surface area (Å²) in [5.74, 6) is 2.37. The Morgan fingerprint density at radius 2 is 1.88 bits per heavy atom. The largest absolute Gasteiger partial charge is 0.480 e. The Kier molecular flexibility index (Phi) is 6.63. The van der Waals surface area contributed by atoms with E-state index in [2.05, 4.69) is 30.2 Å². The van der Waals surface area contributed by atoms with Crippen molar-refractivity contribution in [3.8, 4) is 17.3 Å². The second-order valence-electron chi connectivity index (χ2n) is 11.4. The number of hydrogen-bond acceptors (Lipinski definition) is 11. The number of hydrogen-bond donors (Lipinski definition) is 1. The van der Waals surface area contributed by atoms with Crippen LogP contribution in [0.5, 0.6) is 5.88 Å². The van der Waals surface area contributed by atoms with E-state index in [1.54, 1.807) is 26.3 Å². The lowest BCUT2D eigenvalue weighted by Gasteiger charge is -2.25. The maximum Gasteiger partial charge on any atom is 0.295 e. The van der Waals surface area contributed by atoms with Crippen LogP contribution >= 0.6 is 0 Å². The molecule has 218 valence electrons. The maximum atomic E-state index is 14.1. The molecule has 3 aliphatic rings. The molecule has 4 aromatic heterocycles. The van der Waals surface area contributed by atoms with Gasteiger partial charge in [-0.25, -0.2) is 33.3 Å². The summed E-state index contributed by atoms with van der Waals surface area (Å²) in [5, 5.41) is 3.15. The fourth-order valence-electron chi connectivity index (χ4n) is 6.53. The molecule has 0 unspecified atom stereocenters. The van der Waals surface area contributed by atoms with Crippen molar-refractivity contribution in [2.45, 2.75) is 68.8 Å². The molecule has 3 aliphatic carbocycles. The van der Waals surface area contributed by atoms with E-state index in [1.807, 2.05) is 4.57 Å². The van der Waals surface area contributed by atoms with E-state index < -0.39 is 9.84 Å². The van der Waals surface area contributed by atoms with Crippen LogP contribution in [0.4, 0.5) is 5.82 Å². The van der Waals surface area contributed by atoms with Gasteiger partial charge in [0.05, 0.1) is 41.9 Å². The number of ether oxygens (including phenoxy) is 1. The van der Waals surface area contributed by atoms with Gasteiger partial charge in [0.25, 0.3) is 5.56 Å². The lowest BCUT2D eigenvalue weighted by Crippen LogP contribution is -2.32. The summed E-state index contributed by atoms with van der Waals surface area (Å²) >= 11 is 0. The third kappa shape index (κ3) is 4.69. The van der Waals surface area contributed by atoms with Gasteiger partial charge >= 0.3 is 0 Å². The molecule has 3 atom stereocenters. The summed E-state index contributed by atoms with van der Waals surface area (Å²) < 4.78 is 31.7. The van der Waals surface area contributed by atoms with Crippen molar-refractivity contribution in [3.05, 3.63) is 52.6 Å². The zero-order valence-electron chi connectivity index (χ0n) is 23.5. The van der Waals surface area contributed by atoms with Crippen molar-refractivity contribution < 1.29 is 13.2 Å². The number of anilines is 1. The average Bonchev–Trinajstić information content (AvgIpc) is 3.65. The highest BCUT2D eigenvalue weighted by molar-refractivity contribution is 7.91. The van der Waals surface area contributed by atoms with Crippen molar-refractivity contribution >= 4 is 26.8 Å². The highest BCUT2D eigenvalue weighted by Gasteiger charge is 2.42. The molecule has 0 spiro atoms. The number of aromatic nitrogens is 7.